The Morgan fingerprint density at radius 2 is 1.95 bits per heavy atom. The fourth-order valence-corrected chi connectivity index (χ4v) is 2.39. The number of hydrogen-bond acceptors (Lipinski definition) is 2. The van der Waals surface area contributed by atoms with Gasteiger partial charge in [0.05, 0.1) is 23.7 Å². The average Bonchev–Trinajstić information content (AvgIpc) is 2.56. The number of imidazole rings is 1. The number of aromatic nitrogens is 2. The molecule has 0 aliphatic heterocycles. The number of esters is 1. The molecule has 0 saturated carbocycles. The Morgan fingerprint density at radius 3 is 2.55 bits per heavy atom. The maximum absolute atomic E-state index is 11.7. The van der Waals surface area contributed by atoms with E-state index >= 15 is 0 Å². The summed E-state index contributed by atoms with van der Waals surface area (Å²) in [5.74, 6) is 0.663. The van der Waals surface area contributed by atoms with E-state index in [0.717, 1.165) is 16.9 Å². The van der Waals surface area contributed by atoms with Crippen molar-refractivity contribution in [2.45, 2.75) is 20.4 Å². The molecule has 0 unspecified atom stereocenters. The average molecular weight is 429 g/mol. The van der Waals surface area contributed by atoms with E-state index in [2.05, 4.69) is 0 Å². The number of benzene rings is 1. The number of halogens is 3. The molecular weight excluding hydrogens is 414 g/mol. The first-order valence-corrected chi connectivity index (χ1v) is 6.70. The van der Waals surface area contributed by atoms with Crippen LogP contribution in [0.5, 0.6) is 0 Å². The fraction of sp³-hybridized carbons (Fsp3) is 0.385. The summed E-state index contributed by atoms with van der Waals surface area (Å²) < 4.78 is 8.82. The van der Waals surface area contributed by atoms with Crippen LogP contribution in [0.3, 0.4) is 0 Å². The quantitative estimate of drug-likeness (QED) is 0.380. The van der Waals surface area contributed by atoms with Crippen molar-refractivity contribution in [1.82, 2.24) is 4.57 Å². The van der Waals surface area contributed by atoms with E-state index in [0.29, 0.717) is 16.7 Å². The summed E-state index contributed by atoms with van der Waals surface area (Å²) in [6.45, 7) is 4.25. The van der Waals surface area contributed by atoms with Crippen LogP contribution in [-0.2, 0) is 23.1 Å². The minimum Gasteiger partial charge on any atom is -1.00 e. The van der Waals surface area contributed by atoms with Gasteiger partial charge >= 0.3 is 5.97 Å². The molecule has 2 aromatic rings. The van der Waals surface area contributed by atoms with E-state index < -0.39 is 0 Å². The van der Waals surface area contributed by atoms with Crippen molar-refractivity contribution in [3.8, 4) is 0 Å². The van der Waals surface area contributed by atoms with Crippen molar-refractivity contribution >= 4 is 40.2 Å². The maximum Gasteiger partial charge on any atom is 0.348 e. The number of rotatable bonds is 3. The Hall–Kier alpha value is -0.530. The van der Waals surface area contributed by atoms with Gasteiger partial charge in [-0.25, -0.2) is 13.9 Å². The topological polar surface area (TPSA) is 35.1 Å². The van der Waals surface area contributed by atoms with Crippen LogP contribution in [-0.4, -0.2) is 17.1 Å². The molecule has 0 aliphatic carbocycles. The van der Waals surface area contributed by atoms with E-state index in [-0.39, 0.29) is 36.5 Å². The summed E-state index contributed by atoms with van der Waals surface area (Å²) in [6, 6.07) is 3.57. The molecule has 20 heavy (non-hydrogen) atoms. The van der Waals surface area contributed by atoms with Crippen LogP contribution >= 0.6 is 23.2 Å². The summed E-state index contributed by atoms with van der Waals surface area (Å²) >= 11 is 12.1. The van der Waals surface area contributed by atoms with E-state index in [4.69, 9.17) is 27.9 Å². The van der Waals surface area contributed by atoms with Gasteiger partial charge in [-0.15, -0.1) is 0 Å². The Balaban J connectivity index is 0.00000200. The lowest BCUT2D eigenvalue weighted by molar-refractivity contribution is -0.652. The van der Waals surface area contributed by atoms with Gasteiger partial charge in [0.25, 0.3) is 5.82 Å². The molecule has 4 nitrogen and oxygen atoms in total. The zero-order valence-electron chi connectivity index (χ0n) is 11.4. The predicted octanol–water partition coefficient (Wildman–Crippen LogP) is -0.352. The molecule has 0 atom stereocenters. The Morgan fingerprint density at radius 1 is 1.35 bits per heavy atom. The lowest BCUT2D eigenvalue weighted by atomic mass is 10.3. The number of carbonyl (C=O) groups excluding carboxylic acids is 1. The van der Waals surface area contributed by atoms with Gasteiger partial charge in [-0.05, 0) is 6.92 Å². The van der Waals surface area contributed by atoms with Gasteiger partial charge in [0.15, 0.2) is 17.6 Å². The van der Waals surface area contributed by atoms with E-state index in [9.17, 15) is 4.79 Å². The molecule has 0 N–H and O–H groups in total. The van der Waals surface area contributed by atoms with Crippen LogP contribution in [0.1, 0.15) is 12.7 Å². The van der Waals surface area contributed by atoms with Crippen LogP contribution in [0, 0.1) is 6.92 Å². The summed E-state index contributed by atoms with van der Waals surface area (Å²) in [5.41, 5.74) is 1.79. The predicted molar refractivity (Wildman–Crippen MR) is 74.5 cm³/mol. The molecule has 7 heteroatoms. The summed E-state index contributed by atoms with van der Waals surface area (Å²) in [6.07, 6.45) is 0. The lowest BCUT2D eigenvalue weighted by Gasteiger charge is -2.01. The first-order valence-electron chi connectivity index (χ1n) is 5.95. The van der Waals surface area contributed by atoms with Gasteiger partial charge in [0.1, 0.15) is 0 Å². The zero-order chi connectivity index (χ0) is 14.2. The Bertz CT molecular complexity index is 656. The number of aryl methyl sites for hydroxylation is 1. The number of nitrogens with zero attached hydrogens (tertiary/aromatic N) is 2. The van der Waals surface area contributed by atoms with E-state index in [1.165, 1.54) is 0 Å². The molecule has 1 aromatic heterocycles. The van der Waals surface area contributed by atoms with Crippen LogP contribution in [0.4, 0.5) is 0 Å². The molecule has 0 saturated heterocycles. The van der Waals surface area contributed by atoms with Gasteiger partial charge in [-0.1, -0.05) is 23.2 Å². The first-order chi connectivity index (χ1) is 8.95. The molecule has 0 amide bonds. The fourth-order valence-electron chi connectivity index (χ4n) is 2.08. The standard InChI is InChI=1S/C13H15Cl2N2O2.HI/c1-4-19-13(18)7-17-8(2)16(3)11-5-9(14)10(15)6-12(11)17;/h5-6H,4,7H2,1-3H3;1H/q+1;/p-1. The third-order valence-corrected chi connectivity index (χ3v) is 3.86. The maximum atomic E-state index is 11.7. The number of fused-ring (bicyclic) bond motifs is 1. The van der Waals surface area contributed by atoms with Crippen LogP contribution in [0.25, 0.3) is 11.0 Å². The number of hydrogen-bond donors (Lipinski definition) is 0. The smallest absolute Gasteiger partial charge is 0.348 e. The van der Waals surface area contributed by atoms with Gasteiger partial charge < -0.3 is 28.7 Å². The van der Waals surface area contributed by atoms with Crippen molar-refractivity contribution in [2.75, 3.05) is 6.61 Å². The minimum atomic E-state index is -0.269. The van der Waals surface area contributed by atoms with Crippen LogP contribution in [0.15, 0.2) is 12.1 Å². The van der Waals surface area contributed by atoms with Crippen LogP contribution in [0.2, 0.25) is 10.0 Å². The molecule has 1 aromatic carbocycles. The van der Waals surface area contributed by atoms with Crippen molar-refractivity contribution < 1.29 is 38.1 Å². The summed E-state index contributed by atoms with van der Waals surface area (Å²) in [7, 11) is 1.92. The highest BCUT2D eigenvalue weighted by molar-refractivity contribution is 6.42. The highest BCUT2D eigenvalue weighted by Crippen LogP contribution is 2.27. The normalized spacial score (nSPS) is 10.4. The van der Waals surface area contributed by atoms with E-state index in [1.54, 1.807) is 19.1 Å². The van der Waals surface area contributed by atoms with Gasteiger partial charge in [-0.2, -0.15) is 0 Å². The monoisotopic (exact) mass is 428 g/mol. The van der Waals surface area contributed by atoms with Crippen molar-refractivity contribution in [2.24, 2.45) is 7.05 Å². The third kappa shape index (κ3) is 3.20. The molecule has 0 fully saturated rings. The minimum absolute atomic E-state index is 0. The molecular formula is C13H15Cl2IN2O2. The lowest BCUT2D eigenvalue weighted by Crippen LogP contribution is -3.00. The van der Waals surface area contributed by atoms with Gasteiger partial charge in [0.2, 0.25) is 0 Å². The highest BCUT2D eigenvalue weighted by atomic mass is 127. The SMILES string of the molecule is CCOC(=O)Cn1c(C)[n+](C)c2cc(Cl)c(Cl)cc21.[I-]. The van der Waals surface area contributed by atoms with Crippen molar-refractivity contribution in [3.63, 3.8) is 0 Å². The first kappa shape index (κ1) is 17.5. The Kier molecular flexibility index (Phi) is 6.09. The van der Waals surface area contributed by atoms with Gasteiger partial charge in [-0.3, -0.25) is 0 Å². The molecule has 110 valence electrons. The van der Waals surface area contributed by atoms with Gasteiger partial charge in [0, 0.05) is 19.1 Å². The second-order valence-electron chi connectivity index (χ2n) is 4.25. The van der Waals surface area contributed by atoms with E-state index in [1.807, 2.05) is 23.1 Å². The zero-order valence-corrected chi connectivity index (χ0v) is 15.1. The summed E-state index contributed by atoms with van der Waals surface area (Å²) in [4.78, 5) is 11.7. The largest absolute Gasteiger partial charge is 1.00 e. The molecule has 0 spiro atoms. The Labute approximate surface area is 144 Å². The third-order valence-electron chi connectivity index (χ3n) is 3.14. The number of ether oxygens (including phenoxy) is 1. The molecule has 0 radical (unpaired) electrons. The molecule has 0 aliphatic rings. The van der Waals surface area contributed by atoms with Crippen molar-refractivity contribution in [3.05, 3.63) is 28.0 Å². The molecule has 2 rings (SSSR count). The molecule has 1 heterocycles. The molecule has 0 bridgehead atoms. The summed E-state index contributed by atoms with van der Waals surface area (Å²) in [5, 5.41) is 0.968. The second kappa shape index (κ2) is 6.95. The van der Waals surface area contributed by atoms with Crippen LogP contribution < -0.4 is 28.5 Å². The van der Waals surface area contributed by atoms with Crippen molar-refractivity contribution in [1.29, 1.82) is 0 Å². The highest BCUT2D eigenvalue weighted by Gasteiger charge is 2.23. The number of carbonyl (C=O) groups is 1. The second-order valence-corrected chi connectivity index (χ2v) is 5.07.